The van der Waals surface area contributed by atoms with Gasteiger partial charge in [-0.1, -0.05) is 44.6 Å². The second-order valence-corrected chi connectivity index (χ2v) is 19.9. The number of carbonyl (C=O) groups is 4. The molecule has 3 saturated carbocycles. The number of aromatic nitrogens is 3. The smallest absolute Gasteiger partial charge is 0.303 e. The van der Waals surface area contributed by atoms with E-state index in [0.29, 0.717) is 65.9 Å². The zero-order valence-electron chi connectivity index (χ0n) is 37.7. The molecule has 16 nitrogen and oxygen atoms in total. The number of carbonyl (C=O) groups excluding carboxylic acids is 4. The van der Waals surface area contributed by atoms with Crippen LogP contribution >= 0.6 is 0 Å². The third kappa shape index (κ3) is 8.71. The molecule has 16 atom stereocenters. The first-order valence-electron chi connectivity index (χ1n) is 22.9. The van der Waals surface area contributed by atoms with Crippen molar-refractivity contribution in [1.82, 2.24) is 15.0 Å². The third-order valence-corrected chi connectivity index (χ3v) is 15.9. The van der Waals surface area contributed by atoms with E-state index in [-0.39, 0.29) is 30.5 Å². The molecule has 62 heavy (non-hydrogen) atoms. The molecule has 0 aromatic carbocycles. The fourth-order valence-corrected chi connectivity index (χ4v) is 13.1. The number of nitrogens with zero attached hydrogens (tertiary/aromatic N) is 3. The maximum Gasteiger partial charge on any atom is 0.303 e. The van der Waals surface area contributed by atoms with Crippen molar-refractivity contribution < 1.29 is 61.8 Å². The van der Waals surface area contributed by atoms with E-state index in [0.717, 1.165) is 38.7 Å². The fourth-order valence-electron chi connectivity index (χ4n) is 13.1. The Hall–Kier alpha value is -3.44. The van der Waals surface area contributed by atoms with E-state index in [2.05, 4.69) is 44.1 Å². The second-order valence-electron chi connectivity index (χ2n) is 19.9. The molecule has 3 aliphatic heterocycles. The van der Waals surface area contributed by atoms with Crippen molar-refractivity contribution in [3.05, 3.63) is 23.5 Å². The van der Waals surface area contributed by atoms with Gasteiger partial charge in [-0.05, 0) is 91.8 Å². The normalized spacial score (nSPS) is 42.1. The van der Waals surface area contributed by atoms with Gasteiger partial charge in [-0.2, -0.15) is 0 Å². The molecule has 0 radical (unpaired) electrons. The topological polar surface area (TPSA) is 182 Å². The van der Waals surface area contributed by atoms with Gasteiger partial charge in [0.1, 0.15) is 18.4 Å². The second kappa shape index (κ2) is 17.9. The molecular formula is C46H67N3O13. The summed E-state index contributed by atoms with van der Waals surface area (Å²) in [6.07, 6.45) is 8.64. The Bertz CT molecular complexity index is 1860. The van der Waals surface area contributed by atoms with E-state index in [1.807, 2.05) is 0 Å². The van der Waals surface area contributed by atoms with Gasteiger partial charge in [0.2, 0.25) is 0 Å². The largest absolute Gasteiger partial charge is 0.463 e. The molecule has 6 fully saturated rings. The third-order valence-electron chi connectivity index (χ3n) is 15.9. The van der Waals surface area contributed by atoms with E-state index >= 15 is 0 Å². The highest BCUT2D eigenvalue weighted by Gasteiger charge is 2.68. The first-order valence-corrected chi connectivity index (χ1v) is 22.9. The van der Waals surface area contributed by atoms with Gasteiger partial charge in [-0.3, -0.25) is 19.2 Å². The molecular weight excluding hydrogens is 803 g/mol. The van der Waals surface area contributed by atoms with Crippen molar-refractivity contribution in [1.29, 1.82) is 0 Å². The van der Waals surface area contributed by atoms with Crippen LogP contribution in [-0.4, -0.2) is 107 Å². The molecule has 8 rings (SSSR count). The van der Waals surface area contributed by atoms with Crippen LogP contribution in [0.4, 0.5) is 0 Å². The Morgan fingerprint density at radius 2 is 1.61 bits per heavy atom. The number of rotatable bonds is 12. The van der Waals surface area contributed by atoms with Crippen LogP contribution in [0.5, 0.6) is 0 Å². The minimum Gasteiger partial charge on any atom is -0.463 e. The quantitative estimate of drug-likeness (QED) is 0.143. The number of ether oxygens (including phenoxy) is 9. The summed E-state index contributed by atoms with van der Waals surface area (Å²) in [7, 11) is 0. The highest BCUT2D eigenvalue weighted by atomic mass is 16.7. The van der Waals surface area contributed by atoms with Crippen LogP contribution in [0.2, 0.25) is 0 Å². The van der Waals surface area contributed by atoms with Gasteiger partial charge >= 0.3 is 23.9 Å². The molecule has 1 unspecified atom stereocenters. The summed E-state index contributed by atoms with van der Waals surface area (Å²) >= 11 is 0. The first-order chi connectivity index (χ1) is 29.5. The Kier molecular flexibility index (Phi) is 13.0. The van der Waals surface area contributed by atoms with E-state index < -0.39 is 54.6 Å². The lowest BCUT2D eigenvalue weighted by Gasteiger charge is -2.58. The van der Waals surface area contributed by atoms with Gasteiger partial charge in [0.15, 0.2) is 30.4 Å². The SMILES string of the molecule is CC(=O)OC[C@H]1O[C@@H](OCc2cn(CCO[C@H]3CC[C@@]4(C)C(=CC[C@H]5[C@@H]6C[C@@H]7O[C@]8(CCC(C)CO8)[C@@H](C)[C@@H]7[C@@]6(C)CC[C@@H]54)C3)nn2)[C@H](OC(C)=O)[C@@H](OC(C)=O)[C@H]1OC(C)=O. The lowest BCUT2D eigenvalue weighted by atomic mass is 9.47. The molecule has 344 valence electrons. The van der Waals surface area contributed by atoms with Crippen LogP contribution in [-0.2, 0) is 75.0 Å². The minimum atomic E-state index is -1.33. The van der Waals surface area contributed by atoms with Crippen molar-refractivity contribution in [3.63, 3.8) is 0 Å². The lowest BCUT2D eigenvalue weighted by molar-refractivity contribution is -0.310. The Morgan fingerprint density at radius 1 is 0.871 bits per heavy atom. The van der Waals surface area contributed by atoms with E-state index in [9.17, 15) is 19.2 Å². The zero-order valence-corrected chi connectivity index (χ0v) is 37.7. The van der Waals surface area contributed by atoms with Crippen LogP contribution in [0.15, 0.2) is 17.8 Å². The Balaban J connectivity index is 0.849. The van der Waals surface area contributed by atoms with Crippen LogP contribution < -0.4 is 0 Å². The molecule has 4 heterocycles. The monoisotopic (exact) mass is 869 g/mol. The van der Waals surface area contributed by atoms with Gasteiger partial charge < -0.3 is 42.6 Å². The van der Waals surface area contributed by atoms with Crippen molar-refractivity contribution in [2.45, 2.75) is 175 Å². The van der Waals surface area contributed by atoms with Crippen LogP contribution in [0.3, 0.4) is 0 Å². The molecule has 16 heteroatoms. The fraction of sp³-hybridized carbons (Fsp3) is 0.826. The van der Waals surface area contributed by atoms with E-state index in [1.165, 1.54) is 53.4 Å². The number of allylic oxidation sites excluding steroid dienone is 1. The average molecular weight is 870 g/mol. The molecule has 0 amide bonds. The van der Waals surface area contributed by atoms with Crippen molar-refractivity contribution in [3.8, 4) is 0 Å². The molecule has 3 saturated heterocycles. The number of hydrogen-bond donors (Lipinski definition) is 0. The molecule has 0 N–H and O–H groups in total. The van der Waals surface area contributed by atoms with Crippen LogP contribution in [0.25, 0.3) is 0 Å². The van der Waals surface area contributed by atoms with Crippen LogP contribution in [0.1, 0.15) is 119 Å². The molecule has 1 aromatic rings. The Labute approximate surface area is 364 Å². The summed E-state index contributed by atoms with van der Waals surface area (Å²) in [6.45, 7) is 15.9. The van der Waals surface area contributed by atoms with Gasteiger partial charge in [0.05, 0.1) is 44.8 Å². The van der Waals surface area contributed by atoms with Gasteiger partial charge in [0.25, 0.3) is 0 Å². The molecule has 7 aliphatic rings. The number of hydrogen-bond acceptors (Lipinski definition) is 15. The number of esters is 4. The van der Waals surface area contributed by atoms with E-state index in [1.54, 1.807) is 16.5 Å². The standard InChI is InChI=1S/C46H67N3O13/c1-25-11-16-46(57-22-25)26(2)39-37(62-46)20-36-34-10-9-31-19-33(12-14-44(31,7)35(34)13-15-45(36,39)8)54-18-17-49-21-32(47-48-49)23-56-43-42(60-30(6)53)41(59-29(5)52)40(58-28(4)51)38(61-43)24-55-27(3)50/h9,21,25-26,33-43H,10-20,22-24H2,1-8H3/t25?,26-,33-,34+,35-,36-,37-,38+,39-,40-,41-,42+,43+,44-,45-,46+/m0/s1. The maximum absolute atomic E-state index is 12.2. The van der Waals surface area contributed by atoms with Gasteiger partial charge in [0, 0.05) is 40.0 Å². The molecule has 1 spiro atoms. The van der Waals surface area contributed by atoms with Gasteiger partial charge in [-0.15, -0.1) is 5.10 Å². The summed E-state index contributed by atoms with van der Waals surface area (Å²) in [5, 5.41) is 8.52. The zero-order chi connectivity index (χ0) is 44.1. The maximum atomic E-state index is 12.2. The number of fused-ring (bicyclic) bond motifs is 7. The molecule has 0 bridgehead atoms. The lowest BCUT2D eigenvalue weighted by Crippen LogP contribution is -2.62. The summed E-state index contributed by atoms with van der Waals surface area (Å²) in [5.41, 5.74) is 2.54. The summed E-state index contributed by atoms with van der Waals surface area (Å²) in [6, 6.07) is 0. The minimum absolute atomic E-state index is 0.117. The first kappa shape index (κ1) is 45.1. The summed E-state index contributed by atoms with van der Waals surface area (Å²) < 4.78 is 55.4. The highest BCUT2D eigenvalue weighted by molar-refractivity contribution is 5.68. The van der Waals surface area contributed by atoms with E-state index in [4.69, 9.17) is 42.6 Å². The summed E-state index contributed by atoms with van der Waals surface area (Å²) in [5.74, 6) is 0.567. The summed E-state index contributed by atoms with van der Waals surface area (Å²) in [4.78, 5) is 48.1. The highest BCUT2D eigenvalue weighted by Crippen LogP contribution is 2.70. The van der Waals surface area contributed by atoms with Crippen molar-refractivity contribution >= 4 is 23.9 Å². The van der Waals surface area contributed by atoms with Crippen molar-refractivity contribution in [2.75, 3.05) is 19.8 Å². The predicted octanol–water partition coefficient (Wildman–Crippen LogP) is 5.63. The van der Waals surface area contributed by atoms with Gasteiger partial charge in [-0.25, -0.2) is 4.68 Å². The van der Waals surface area contributed by atoms with Crippen LogP contribution in [0, 0.1) is 46.3 Å². The Morgan fingerprint density at radius 3 is 2.32 bits per heavy atom. The average Bonchev–Trinajstić information content (AvgIpc) is 3.87. The predicted molar refractivity (Wildman–Crippen MR) is 218 cm³/mol. The van der Waals surface area contributed by atoms with Crippen molar-refractivity contribution in [2.24, 2.45) is 46.3 Å². The molecule has 1 aromatic heterocycles. The molecule has 4 aliphatic carbocycles.